The molecule has 174 valence electrons. The normalized spacial score (nSPS) is 16.3. The third kappa shape index (κ3) is 3.81. The third-order valence-corrected chi connectivity index (χ3v) is 6.61. The fourth-order valence-corrected chi connectivity index (χ4v) is 4.72. The molecule has 0 amide bonds. The molecule has 1 aliphatic carbocycles. The van der Waals surface area contributed by atoms with E-state index < -0.39 is 29.4 Å². The molecule has 1 atom stereocenters. The lowest BCUT2D eigenvalue weighted by Crippen LogP contribution is -2.44. The van der Waals surface area contributed by atoms with Gasteiger partial charge in [0.2, 0.25) is 0 Å². The molecule has 1 aromatic heterocycles. The van der Waals surface area contributed by atoms with E-state index in [0.29, 0.717) is 22.2 Å². The largest absolute Gasteiger partial charge is 0.573 e. The fraction of sp³-hybridized carbons (Fsp3) is 0.333. The van der Waals surface area contributed by atoms with Crippen LogP contribution >= 0.6 is 0 Å². The molecule has 2 N–H and O–H groups in total. The second kappa shape index (κ2) is 7.83. The number of aliphatic carboxylic acids is 1. The summed E-state index contributed by atoms with van der Waals surface area (Å²) in [5, 5.41) is 20.8. The number of halogens is 3. The molecule has 1 saturated carbocycles. The van der Waals surface area contributed by atoms with E-state index in [9.17, 15) is 33.0 Å². The number of hydrogen-bond acceptors (Lipinski definition) is 4. The minimum Gasteiger partial charge on any atom is -0.508 e. The average Bonchev–Trinajstić information content (AvgIpc) is 2.96. The van der Waals surface area contributed by atoms with Crippen LogP contribution in [-0.2, 0) is 10.2 Å². The first-order valence-corrected chi connectivity index (χ1v) is 10.4. The van der Waals surface area contributed by atoms with Gasteiger partial charge in [-0.25, -0.2) is 0 Å². The summed E-state index contributed by atoms with van der Waals surface area (Å²) >= 11 is 0. The molecule has 0 aliphatic heterocycles. The second-order valence-electron chi connectivity index (χ2n) is 8.51. The Balaban J connectivity index is 1.86. The summed E-state index contributed by atoms with van der Waals surface area (Å²) in [6.07, 6.45) is -2.45. The molecule has 1 fully saturated rings. The maximum atomic E-state index is 13.4. The van der Waals surface area contributed by atoms with Crippen LogP contribution in [0.2, 0.25) is 0 Å². The molecule has 3 aromatic rings. The zero-order chi connectivity index (χ0) is 24.1. The lowest BCUT2D eigenvalue weighted by Gasteiger charge is -2.40. The standard InChI is InChI=1S/C24H22F3NO5/c1-13-20(23(2,22(31)32)15-4-3-5-15)18-12-16(29)8-11-19(18)28(13)21(30)14-6-9-17(10-7-14)33-24(25,26)27/h6-12,15,29H,3-5H2,1-2H3,(H,31,32)/t23-/m1/s1. The van der Waals surface area contributed by atoms with Crippen molar-refractivity contribution in [2.75, 3.05) is 0 Å². The van der Waals surface area contributed by atoms with Crippen molar-refractivity contribution in [3.8, 4) is 11.5 Å². The van der Waals surface area contributed by atoms with Crippen molar-refractivity contribution in [3.05, 3.63) is 59.3 Å². The van der Waals surface area contributed by atoms with Gasteiger partial charge < -0.3 is 14.9 Å². The predicted octanol–water partition coefficient (Wildman–Crippen LogP) is 5.38. The number of hydrogen-bond donors (Lipinski definition) is 2. The summed E-state index contributed by atoms with van der Waals surface area (Å²) in [7, 11) is 0. The molecule has 4 rings (SSSR count). The predicted molar refractivity (Wildman–Crippen MR) is 114 cm³/mol. The number of ether oxygens (including phenoxy) is 1. The molecule has 0 spiro atoms. The first-order chi connectivity index (χ1) is 15.4. The summed E-state index contributed by atoms with van der Waals surface area (Å²) < 4.78 is 42.5. The van der Waals surface area contributed by atoms with E-state index in [1.807, 2.05) is 0 Å². The van der Waals surface area contributed by atoms with Crippen molar-refractivity contribution in [2.24, 2.45) is 5.92 Å². The number of carboxylic acid groups (broad SMARTS) is 1. The van der Waals surface area contributed by atoms with Crippen molar-refractivity contribution >= 4 is 22.8 Å². The molecular formula is C24H22F3NO5. The molecule has 1 aliphatic rings. The molecule has 0 saturated heterocycles. The molecule has 0 unspecified atom stereocenters. The Kier molecular flexibility index (Phi) is 5.38. The van der Waals surface area contributed by atoms with Gasteiger partial charge in [0.15, 0.2) is 0 Å². The minimum absolute atomic E-state index is 0.0663. The highest BCUT2D eigenvalue weighted by Gasteiger charge is 2.48. The molecule has 0 radical (unpaired) electrons. The number of benzene rings is 2. The SMILES string of the molecule is Cc1c([C@](C)(C(=O)O)C2CCC2)c2cc(O)ccc2n1C(=O)c1ccc(OC(F)(F)F)cc1. The molecule has 9 heteroatoms. The van der Waals surface area contributed by atoms with Gasteiger partial charge in [0.05, 0.1) is 10.9 Å². The van der Waals surface area contributed by atoms with Crippen molar-refractivity contribution in [1.29, 1.82) is 0 Å². The van der Waals surface area contributed by atoms with Gasteiger partial charge in [-0.1, -0.05) is 6.42 Å². The van der Waals surface area contributed by atoms with E-state index in [4.69, 9.17) is 0 Å². The Morgan fingerprint density at radius 2 is 1.73 bits per heavy atom. The van der Waals surface area contributed by atoms with Crippen LogP contribution in [0.1, 0.15) is 47.8 Å². The van der Waals surface area contributed by atoms with Crippen LogP contribution in [0.15, 0.2) is 42.5 Å². The molecule has 1 heterocycles. The highest BCUT2D eigenvalue weighted by molar-refractivity contribution is 6.06. The van der Waals surface area contributed by atoms with Gasteiger partial charge in [-0.05, 0) is 80.6 Å². The van der Waals surface area contributed by atoms with E-state index in [2.05, 4.69) is 4.74 Å². The summed E-state index contributed by atoms with van der Waals surface area (Å²) in [6.45, 7) is 3.29. The number of rotatable bonds is 5. The van der Waals surface area contributed by atoms with Crippen molar-refractivity contribution in [2.45, 2.75) is 44.9 Å². The monoisotopic (exact) mass is 461 g/mol. The number of fused-ring (bicyclic) bond motifs is 1. The highest BCUT2D eigenvalue weighted by atomic mass is 19.4. The molecule has 0 bridgehead atoms. The van der Waals surface area contributed by atoms with Gasteiger partial charge in [0, 0.05) is 16.6 Å². The first kappa shape index (κ1) is 22.7. The van der Waals surface area contributed by atoms with Gasteiger partial charge in [0.25, 0.3) is 5.91 Å². The number of carbonyl (C=O) groups excluding carboxylic acids is 1. The maximum absolute atomic E-state index is 13.4. The summed E-state index contributed by atoms with van der Waals surface area (Å²) in [5.74, 6) is -2.19. The highest BCUT2D eigenvalue weighted by Crippen LogP contribution is 2.48. The van der Waals surface area contributed by atoms with Gasteiger partial charge in [0.1, 0.15) is 11.5 Å². The maximum Gasteiger partial charge on any atom is 0.573 e. The Morgan fingerprint density at radius 3 is 2.24 bits per heavy atom. The summed E-state index contributed by atoms with van der Waals surface area (Å²) in [5.41, 5.74) is 0.103. The smallest absolute Gasteiger partial charge is 0.508 e. The van der Waals surface area contributed by atoms with E-state index in [-0.39, 0.29) is 17.2 Å². The Bertz CT molecular complexity index is 1240. The first-order valence-electron chi connectivity index (χ1n) is 10.4. The van der Waals surface area contributed by atoms with Gasteiger partial charge in [-0.15, -0.1) is 13.2 Å². The Labute approximate surface area is 187 Å². The molecule has 6 nitrogen and oxygen atoms in total. The van der Waals surface area contributed by atoms with Crippen LogP contribution in [0.3, 0.4) is 0 Å². The van der Waals surface area contributed by atoms with Crippen LogP contribution in [0.25, 0.3) is 10.9 Å². The Hall–Kier alpha value is -3.49. The van der Waals surface area contributed by atoms with E-state index in [1.54, 1.807) is 13.8 Å². The lowest BCUT2D eigenvalue weighted by atomic mass is 9.62. The van der Waals surface area contributed by atoms with Crippen LogP contribution < -0.4 is 4.74 Å². The second-order valence-corrected chi connectivity index (χ2v) is 8.51. The van der Waals surface area contributed by atoms with Crippen LogP contribution in [-0.4, -0.2) is 33.0 Å². The molecular weight excluding hydrogens is 439 g/mol. The Morgan fingerprint density at radius 1 is 1.09 bits per heavy atom. The van der Waals surface area contributed by atoms with Crippen molar-refractivity contribution < 1.29 is 37.7 Å². The number of nitrogens with zero attached hydrogens (tertiary/aromatic N) is 1. The van der Waals surface area contributed by atoms with E-state index in [1.165, 1.54) is 34.9 Å². The van der Waals surface area contributed by atoms with E-state index >= 15 is 0 Å². The zero-order valence-corrected chi connectivity index (χ0v) is 17.9. The number of carboxylic acids is 1. The van der Waals surface area contributed by atoms with Crippen molar-refractivity contribution in [1.82, 2.24) is 4.57 Å². The topological polar surface area (TPSA) is 88.8 Å². The van der Waals surface area contributed by atoms with Gasteiger partial charge in [-0.2, -0.15) is 0 Å². The number of alkyl halides is 3. The van der Waals surface area contributed by atoms with Gasteiger partial charge >= 0.3 is 12.3 Å². The fourth-order valence-electron chi connectivity index (χ4n) is 4.72. The summed E-state index contributed by atoms with van der Waals surface area (Å²) in [6, 6.07) is 8.91. The third-order valence-electron chi connectivity index (χ3n) is 6.61. The zero-order valence-electron chi connectivity index (χ0n) is 17.9. The van der Waals surface area contributed by atoms with Crippen LogP contribution in [0.4, 0.5) is 13.2 Å². The number of phenols is 1. The minimum atomic E-state index is -4.85. The van der Waals surface area contributed by atoms with Gasteiger partial charge in [-0.3, -0.25) is 14.2 Å². The quantitative estimate of drug-likeness (QED) is 0.532. The van der Waals surface area contributed by atoms with Crippen molar-refractivity contribution in [3.63, 3.8) is 0 Å². The molecule has 33 heavy (non-hydrogen) atoms. The summed E-state index contributed by atoms with van der Waals surface area (Å²) in [4.78, 5) is 25.9. The number of carbonyl (C=O) groups is 2. The average molecular weight is 461 g/mol. The van der Waals surface area contributed by atoms with Crippen LogP contribution in [0, 0.1) is 12.8 Å². The molecule has 2 aromatic carbocycles. The van der Waals surface area contributed by atoms with Crippen LogP contribution in [0.5, 0.6) is 11.5 Å². The number of aromatic nitrogens is 1. The number of aromatic hydroxyl groups is 1. The van der Waals surface area contributed by atoms with E-state index in [0.717, 1.165) is 31.4 Å². The number of phenolic OH excluding ortho intramolecular Hbond substituents is 1. The lowest BCUT2D eigenvalue weighted by molar-refractivity contribution is -0.274.